The molecule has 4 nitrogen and oxygen atoms in total. The van der Waals surface area contributed by atoms with Crippen molar-refractivity contribution in [3.8, 4) is 5.75 Å². The first kappa shape index (κ1) is 17.8. The summed E-state index contributed by atoms with van der Waals surface area (Å²) in [5.41, 5.74) is 6.06. The number of nitrogens with two attached hydrogens (primary N) is 1. The van der Waals surface area contributed by atoms with Gasteiger partial charge in [-0.05, 0) is 30.9 Å². The van der Waals surface area contributed by atoms with Crippen LogP contribution >= 0.6 is 12.4 Å². The molecule has 1 fully saturated rings. The van der Waals surface area contributed by atoms with Crippen LogP contribution < -0.4 is 10.5 Å². The Morgan fingerprint density at radius 2 is 2.00 bits per heavy atom. The van der Waals surface area contributed by atoms with Gasteiger partial charge in [0, 0.05) is 19.1 Å². The molecule has 0 aromatic heterocycles. The Hall–Kier alpha value is -1.26. The number of likely N-dealkylation sites (tertiary alicyclic amines) is 1. The Kier molecular flexibility index (Phi) is 6.05. The molecule has 1 saturated heterocycles. The van der Waals surface area contributed by atoms with E-state index in [0.717, 1.165) is 12.2 Å². The van der Waals surface area contributed by atoms with Crippen molar-refractivity contribution in [1.82, 2.24) is 4.90 Å². The van der Waals surface area contributed by atoms with E-state index in [1.807, 2.05) is 35.2 Å². The second-order valence-corrected chi connectivity index (χ2v) is 6.22. The van der Waals surface area contributed by atoms with E-state index in [-0.39, 0.29) is 29.8 Å². The van der Waals surface area contributed by atoms with E-state index in [0.29, 0.717) is 13.1 Å². The molecule has 1 aliphatic heterocycles. The molecule has 0 spiro atoms. The van der Waals surface area contributed by atoms with Gasteiger partial charge in [-0.3, -0.25) is 4.79 Å². The molecule has 0 aliphatic carbocycles. The summed E-state index contributed by atoms with van der Waals surface area (Å²) in [7, 11) is 0. The van der Waals surface area contributed by atoms with Gasteiger partial charge in [-0.1, -0.05) is 32.0 Å². The number of carbonyl (C=O) groups excluding carboxylic acids is 1. The lowest BCUT2D eigenvalue weighted by molar-refractivity contribution is -0.141. The summed E-state index contributed by atoms with van der Waals surface area (Å²) in [6.45, 7) is 7.43. The number of benzene rings is 1. The van der Waals surface area contributed by atoms with Gasteiger partial charge >= 0.3 is 0 Å². The van der Waals surface area contributed by atoms with Crippen LogP contribution in [0.5, 0.6) is 5.75 Å². The van der Waals surface area contributed by atoms with E-state index in [1.165, 1.54) is 0 Å². The van der Waals surface area contributed by atoms with Gasteiger partial charge in [0.2, 0.25) is 0 Å². The quantitative estimate of drug-likeness (QED) is 0.933. The van der Waals surface area contributed by atoms with Crippen LogP contribution in [-0.2, 0) is 4.79 Å². The monoisotopic (exact) mass is 312 g/mol. The fraction of sp³-hybridized carbons (Fsp3) is 0.562. The van der Waals surface area contributed by atoms with Crippen LogP contribution in [0.1, 0.15) is 27.2 Å². The van der Waals surface area contributed by atoms with Crippen molar-refractivity contribution in [2.75, 3.05) is 13.1 Å². The predicted molar refractivity (Wildman–Crippen MR) is 86.7 cm³/mol. The van der Waals surface area contributed by atoms with Crippen molar-refractivity contribution in [3.63, 3.8) is 0 Å². The van der Waals surface area contributed by atoms with Gasteiger partial charge in [0.1, 0.15) is 5.75 Å². The lowest BCUT2D eigenvalue weighted by Gasteiger charge is -2.43. The fourth-order valence-electron chi connectivity index (χ4n) is 2.57. The van der Waals surface area contributed by atoms with E-state index < -0.39 is 6.10 Å². The molecule has 5 heteroatoms. The lowest BCUT2D eigenvalue weighted by Crippen LogP contribution is -2.56. The van der Waals surface area contributed by atoms with Crippen LogP contribution in [0.25, 0.3) is 0 Å². The summed E-state index contributed by atoms with van der Waals surface area (Å²) in [5.74, 6) is 0.759. The standard InChI is InChI=1S/C16H24N2O2.ClH/c1-12(20-13-7-5-4-6-8-13)15(19)18-10-9-14(17)16(2,3)11-18;/h4-8,12,14H,9-11,17H2,1-3H3;1H. The minimum absolute atomic E-state index is 0. The van der Waals surface area contributed by atoms with Gasteiger partial charge in [0.05, 0.1) is 0 Å². The maximum absolute atomic E-state index is 12.5. The van der Waals surface area contributed by atoms with Crippen LogP contribution in [0.15, 0.2) is 30.3 Å². The number of hydrogen-bond donors (Lipinski definition) is 1. The molecule has 2 N–H and O–H groups in total. The first-order valence-corrected chi connectivity index (χ1v) is 7.16. The van der Waals surface area contributed by atoms with Crippen LogP contribution in [0.4, 0.5) is 0 Å². The molecule has 2 atom stereocenters. The molecule has 1 heterocycles. The molecule has 0 bridgehead atoms. The third-order valence-electron chi connectivity index (χ3n) is 4.03. The number of hydrogen-bond acceptors (Lipinski definition) is 3. The summed E-state index contributed by atoms with van der Waals surface area (Å²) >= 11 is 0. The van der Waals surface area contributed by atoms with Crippen molar-refractivity contribution in [2.45, 2.75) is 39.3 Å². The zero-order chi connectivity index (χ0) is 14.8. The average Bonchev–Trinajstić information content (AvgIpc) is 2.42. The Morgan fingerprint density at radius 1 is 1.38 bits per heavy atom. The van der Waals surface area contributed by atoms with Gasteiger partial charge in [-0.25, -0.2) is 0 Å². The molecular weight excluding hydrogens is 288 g/mol. The summed E-state index contributed by atoms with van der Waals surface area (Å²) in [4.78, 5) is 14.3. The molecule has 1 amide bonds. The van der Waals surface area contributed by atoms with Gasteiger partial charge in [0.15, 0.2) is 6.10 Å². The SMILES string of the molecule is CC(Oc1ccccc1)C(=O)N1CCC(N)C(C)(C)C1.Cl. The number of piperidine rings is 1. The second-order valence-electron chi connectivity index (χ2n) is 6.22. The van der Waals surface area contributed by atoms with Gasteiger partial charge in [-0.2, -0.15) is 0 Å². The summed E-state index contributed by atoms with van der Waals surface area (Å²) in [5, 5.41) is 0. The zero-order valence-corrected chi connectivity index (χ0v) is 13.7. The Labute approximate surface area is 133 Å². The highest BCUT2D eigenvalue weighted by Gasteiger charge is 2.36. The highest BCUT2D eigenvalue weighted by Crippen LogP contribution is 2.28. The van der Waals surface area contributed by atoms with E-state index >= 15 is 0 Å². The largest absolute Gasteiger partial charge is 0.481 e. The van der Waals surface area contributed by atoms with Crippen LogP contribution in [0.3, 0.4) is 0 Å². The molecule has 1 aliphatic rings. The fourth-order valence-corrected chi connectivity index (χ4v) is 2.57. The number of nitrogens with zero attached hydrogens (tertiary/aromatic N) is 1. The van der Waals surface area contributed by atoms with Crippen molar-refractivity contribution in [1.29, 1.82) is 0 Å². The average molecular weight is 313 g/mol. The summed E-state index contributed by atoms with van der Waals surface area (Å²) < 4.78 is 5.70. The third-order valence-corrected chi connectivity index (χ3v) is 4.03. The van der Waals surface area contributed by atoms with Crippen LogP contribution in [-0.4, -0.2) is 36.0 Å². The van der Waals surface area contributed by atoms with Crippen LogP contribution in [0.2, 0.25) is 0 Å². The number of halogens is 1. The molecular formula is C16H25ClN2O2. The van der Waals surface area contributed by atoms with Gasteiger partial charge < -0.3 is 15.4 Å². The first-order chi connectivity index (χ1) is 9.40. The molecule has 0 radical (unpaired) electrons. The van der Waals surface area contributed by atoms with E-state index in [9.17, 15) is 4.79 Å². The van der Waals surface area contributed by atoms with Gasteiger partial charge in [-0.15, -0.1) is 12.4 Å². The number of ether oxygens (including phenoxy) is 1. The van der Waals surface area contributed by atoms with Crippen LogP contribution in [0, 0.1) is 5.41 Å². The molecule has 1 aromatic carbocycles. The van der Waals surface area contributed by atoms with Gasteiger partial charge in [0.25, 0.3) is 5.91 Å². The molecule has 0 saturated carbocycles. The highest BCUT2D eigenvalue weighted by atomic mass is 35.5. The predicted octanol–water partition coefficient (Wildman–Crippen LogP) is 2.46. The molecule has 2 unspecified atom stereocenters. The normalized spacial score (nSPS) is 22.1. The van der Waals surface area contributed by atoms with Crippen molar-refractivity contribution < 1.29 is 9.53 Å². The number of rotatable bonds is 3. The maximum atomic E-state index is 12.5. The Morgan fingerprint density at radius 3 is 2.57 bits per heavy atom. The molecule has 1 aromatic rings. The second kappa shape index (κ2) is 7.14. The van der Waals surface area contributed by atoms with E-state index in [4.69, 9.17) is 10.5 Å². The number of amides is 1. The summed E-state index contributed by atoms with van der Waals surface area (Å²) in [6, 6.07) is 9.59. The maximum Gasteiger partial charge on any atom is 0.263 e. The summed E-state index contributed by atoms with van der Waals surface area (Å²) in [6.07, 6.45) is 0.374. The number of carbonyl (C=O) groups is 1. The highest BCUT2D eigenvalue weighted by molar-refractivity contribution is 5.85. The lowest BCUT2D eigenvalue weighted by atomic mass is 9.79. The van der Waals surface area contributed by atoms with Crippen molar-refractivity contribution in [3.05, 3.63) is 30.3 Å². The minimum Gasteiger partial charge on any atom is -0.481 e. The minimum atomic E-state index is -0.470. The van der Waals surface area contributed by atoms with Crippen molar-refractivity contribution in [2.24, 2.45) is 11.1 Å². The van der Waals surface area contributed by atoms with E-state index in [1.54, 1.807) is 6.92 Å². The van der Waals surface area contributed by atoms with Crippen molar-refractivity contribution >= 4 is 18.3 Å². The molecule has 118 valence electrons. The third kappa shape index (κ3) is 4.35. The first-order valence-electron chi connectivity index (χ1n) is 7.16. The number of para-hydroxylation sites is 1. The molecule has 21 heavy (non-hydrogen) atoms. The zero-order valence-electron chi connectivity index (χ0n) is 12.9. The Balaban J connectivity index is 0.00000220. The molecule has 2 rings (SSSR count). The topological polar surface area (TPSA) is 55.6 Å². The Bertz CT molecular complexity index is 465. The van der Waals surface area contributed by atoms with E-state index in [2.05, 4.69) is 13.8 Å². The smallest absolute Gasteiger partial charge is 0.263 e.